The van der Waals surface area contributed by atoms with Crippen molar-refractivity contribution in [2.24, 2.45) is 29.1 Å². The van der Waals surface area contributed by atoms with E-state index < -0.39 is 0 Å². The predicted molar refractivity (Wildman–Crippen MR) is 67.2 cm³/mol. The van der Waals surface area contributed by atoms with E-state index in [0.717, 1.165) is 17.3 Å². The van der Waals surface area contributed by atoms with Gasteiger partial charge in [0.2, 0.25) is 0 Å². The molecule has 5 fully saturated rings. The van der Waals surface area contributed by atoms with Crippen LogP contribution in [0, 0.1) is 29.1 Å². The van der Waals surface area contributed by atoms with E-state index in [2.05, 4.69) is 0 Å². The molecule has 90 valence electrons. The van der Waals surface area contributed by atoms with Gasteiger partial charge in [0.1, 0.15) is 0 Å². The molecule has 5 aliphatic rings. The number of rotatable bonds is 0. The molecule has 0 N–H and O–H groups in total. The van der Waals surface area contributed by atoms with Crippen molar-refractivity contribution in [1.82, 2.24) is 0 Å². The molecule has 5 saturated carbocycles. The molecule has 0 heteroatoms. The summed E-state index contributed by atoms with van der Waals surface area (Å²) in [5, 5.41) is 0. The lowest BCUT2D eigenvalue weighted by atomic mass is 9.45. The van der Waals surface area contributed by atoms with E-state index in [1.54, 1.807) is 70.6 Å². The minimum absolute atomic E-state index is 0.868. The van der Waals surface area contributed by atoms with Crippen molar-refractivity contribution in [3.05, 3.63) is 0 Å². The molecule has 5 aliphatic carbocycles. The second-order valence-electron chi connectivity index (χ2n) is 7.40. The summed E-state index contributed by atoms with van der Waals surface area (Å²) in [6, 6.07) is 0. The van der Waals surface area contributed by atoms with E-state index in [4.69, 9.17) is 0 Å². The minimum Gasteiger partial charge on any atom is -0.0530 e. The quantitative estimate of drug-likeness (QED) is 0.549. The lowest BCUT2D eigenvalue weighted by Crippen LogP contribution is -2.50. The number of fused-ring (bicyclic) bond motifs is 3. The van der Waals surface area contributed by atoms with E-state index >= 15 is 0 Å². The van der Waals surface area contributed by atoms with Gasteiger partial charge < -0.3 is 0 Å². The van der Waals surface area contributed by atoms with E-state index in [1.807, 2.05) is 0 Å². The number of hydrogen-bond acceptors (Lipinski definition) is 0. The molecule has 0 aromatic rings. The molecule has 0 amide bonds. The third-order valence-electron chi connectivity index (χ3n) is 6.97. The Morgan fingerprint density at radius 3 is 2.38 bits per heavy atom. The van der Waals surface area contributed by atoms with E-state index in [1.165, 1.54) is 11.8 Å². The molecule has 0 heterocycles. The normalized spacial score (nSPS) is 55.5. The van der Waals surface area contributed by atoms with Crippen LogP contribution in [-0.4, -0.2) is 0 Å². The summed E-state index contributed by atoms with van der Waals surface area (Å²) in [4.78, 5) is 0. The van der Waals surface area contributed by atoms with Gasteiger partial charge in [-0.05, 0) is 80.5 Å². The molecular formula is C16H26. The van der Waals surface area contributed by atoms with E-state index in [-0.39, 0.29) is 0 Å². The zero-order chi connectivity index (χ0) is 10.6. The zero-order valence-electron chi connectivity index (χ0n) is 10.6. The Hall–Kier alpha value is 0. The Labute approximate surface area is 100 Å². The van der Waals surface area contributed by atoms with Crippen LogP contribution in [0.3, 0.4) is 0 Å². The van der Waals surface area contributed by atoms with Gasteiger partial charge in [0.25, 0.3) is 0 Å². The Bertz CT molecular complexity index is 272. The fourth-order valence-electron chi connectivity index (χ4n) is 6.13. The van der Waals surface area contributed by atoms with Crippen molar-refractivity contribution >= 4 is 0 Å². The summed E-state index contributed by atoms with van der Waals surface area (Å²) in [5.41, 5.74) is 0.868. The first-order valence-corrected chi connectivity index (χ1v) is 7.87. The van der Waals surface area contributed by atoms with Crippen LogP contribution < -0.4 is 0 Å². The molecule has 0 nitrogen and oxygen atoms in total. The van der Waals surface area contributed by atoms with Gasteiger partial charge >= 0.3 is 0 Å². The highest BCUT2D eigenvalue weighted by Crippen LogP contribution is 2.64. The third-order valence-corrected chi connectivity index (χ3v) is 6.97. The molecule has 0 radical (unpaired) electrons. The predicted octanol–water partition coefficient (Wildman–Crippen LogP) is 4.78. The Morgan fingerprint density at radius 1 is 0.750 bits per heavy atom. The standard InChI is InChI=1S/C16H26/c1-2-4-14-13(3-1)7-10-16-8-5-12(6-9-16)11-15(14)16/h12-15H,1-11H2. The van der Waals surface area contributed by atoms with Crippen molar-refractivity contribution in [2.45, 2.75) is 70.6 Å². The molecule has 0 aromatic heterocycles. The van der Waals surface area contributed by atoms with Crippen LogP contribution in [0.1, 0.15) is 70.6 Å². The minimum atomic E-state index is 0.868. The van der Waals surface area contributed by atoms with Crippen molar-refractivity contribution in [1.29, 1.82) is 0 Å². The monoisotopic (exact) mass is 218 g/mol. The van der Waals surface area contributed by atoms with E-state index in [0.29, 0.717) is 0 Å². The van der Waals surface area contributed by atoms with Gasteiger partial charge in [-0.3, -0.25) is 0 Å². The van der Waals surface area contributed by atoms with Gasteiger partial charge in [0.05, 0.1) is 0 Å². The molecule has 3 unspecified atom stereocenters. The zero-order valence-corrected chi connectivity index (χ0v) is 10.6. The Balaban J connectivity index is 1.64. The molecule has 0 saturated heterocycles. The van der Waals surface area contributed by atoms with Gasteiger partial charge in [-0.1, -0.05) is 19.3 Å². The summed E-state index contributed by atoms with van der Waals surface area (Å²) >= 11 is 0. The van der Waals surface area contributed by atoms with Crippen molar-refractivity contribution < 1.29 is 0 Å². The highest BCUT2D eigenvalue weighted by molar-refractivity contribution is 5.04. The highest BCUT2D eigenvalue weighted by atomic mass is 14.6. The van der Waals surface area contributed by atoms with Crippen LogP contribution in [-0.2, 0) is 0 Å². The average molecular weight is 218 g/mol. The first kappa shape index (κ1) is 9.97. The maximum absolute atomic E-state index is 1.64. The topological polar surface area (TPSA) is 0 Å². The van der Waals surface area contributed by atoms with Crippen LogP contribution in [0.2, 0.25) is 0 Å². The smallest absolute Gasteiger partial charge is 0.0266 e. The molecular weight excluding hydrogens is 192 g/mol. The van der Waals surface area contributed by atoms with Crippen LogP contribution in [0.15, 0.2) is 0 Å². The van der Waals surface area contributed by atoms with E-state index in [9.17, 15) is 0 Å². The van der Waals surface area contributed by atoms with Crippen molar-refractivity contribution in [3.63, 3.8) is 0 Å². The largest absolute Gasteiger partial charge is 0.0530 e. The first-order valence-electron chi connectivity index (χ1n) is 7.87. The second-order valence-corrected chi connectivity index (χ2v) is 7.40. The number of hydrogen-bond donors (Lipinski definition) is 0. The van der Waals surface area contributed by atoms with Crippen LogP contribution in [0.4, 0.5) is 0 Å². The van der Waals surface area contributed by atoms with Gasteiger partial charge in [-0.2, -0.15) is 0 Å². The summed E-state index contributed by atoms with van der Waals surface area (Å²) in [5.74, 6) is 4.65. The fraction of sp³-hybridized carbons (Fsp3) is 1.00. The van der Waals surface area contributed by atoms with Gasteiger partial charge in [0, 0.05) is 0 Å². The molecule has 16 heavy (non-hydrogen) atoms. The second kappa shape index (κ2) is 3.50. The summed E-state index contributed by atoms with van der Waals surface area (Å²) in [6.45, 7) is 0. The van der Waals surface area contributed by atoms with Crippen molar-refractivity contribution in [2.75, 3.05) is 0 Å². The highest BCUT2D eigenvalue weighted by Gasteiger charge is 2.54. The fourth-order valence-corrected chi connectivity index (χ4v) is 6.13. The SMILES string of the molecule is C1CCC2C(C1)CCC13CCC(CC1)CC23. The molecule has 2 bridgehead atoms. The Morgan fingerprint density at radius 2 is 1.50 bits per heavy atom. The van der Waals surface area contributed by atoms with Crippen molar-refractivity contribution in [3.8, 4) is 0 Å². The lowest BCUT2D eigenvalue weighted by Gasteiger charge is -2.60. The molecule has 0 aromatic carbocycles. The lowest BCUT2D eigenvalue weighted by molar-refractivity contribution is -0.101. The average Bonchev–Trinajstić information content (AvgIpc) is 2.39. The van der Waals surface area contributed by atoms with Gasteiger partial charge in [0.15, 0.2) is 0 Å². The maximum Gasteiger partial charge on any atom is -0.0266 e. The van der Waals surface area contributed by atoms with Gasteiger partial charge in [-0.25, -0.2) is 0 Å². The summed E-state index contributed by atoms with van der Waals surface area (Å²) < 4.78 is 0. The molecule has 0 aliphatic heterocycles. The van der Waals surface area contributed by atoms with Gasteiger partial charge in [-0.15, -0.1) is 0 Å². The molecule has 1 spiro atoms. The summed E-state index contributed by atoms with van der Waals surface area (Å²) in [7, 11) is 0. The van der Waals surface area contributed by atoms with Crippen LogP contribution >= 0.6 is 0 Å². The van der Waals surface area contributed by atoms with Crippen LogP contribution in [0.25, 0.3) is 0 Å². The van der Waals surface area contributed by atoms with Crippen LogP contribution in [0.5, 0.6) is 0 Å². The molecule has 3 atom stereocenters. The Kier molecular flexibility index (Phi) is 2.18. The summed E-state index contributed by atoms with van der Waals surface area (Å²) in [6.07, 6.45) is 17.6. The molecule has 5 rings (SSSR count). The third kappa shape index (κ3) is 1.28. The maximum atomic E-state index is 1.64. The first-order chi connectivity index (χ1) is 7.87.